The van der Waals surface area contributed by atoms with Gasteiger partial charge in [0.2, 0.25) is 0 Å². The average molecular weight is 288 g/mol. The van der Waals surface area contributed by atoms with Gasteiger partial charge in [0.05, 0.1) is 0 Å². The molecule has 0 amide bonds. The van der Waals surface area contributed by atoms with E-state index in [2.05, 4.69) is 17.1 Å². The minimum Gasteiger partial charge on any atom is -0.351 e. The van der Waals surface area contributed by atoms with E-state index in [1.807, 2.05) is 17.0 Å². The van der Waals surface area contributed by atoms with E-state index in [0.29, 0.717) is 17.3 Å². The van der Waals surface area contributed by atoms with Gasteiger partial charge in [-0.25, -0.2) is 13.4 Å². The molecule has 0 aliphatic carbocycles. The number of rotatable bonds is 2. The molecular weight excluding hydrogens is 272 g/mol. The van der Waals surface area contributed by atoms with Gasteiger partial charge in [-0.05, 0) is 29.7 Å². The Hall–Kier alpha value is -1.88. The zero-order valence-electron chi connectivity index (χ0n) is 11.3. The summed E-state index contributed by atoms with van der Waals surface area (Å²) in [4.78, 5) is 6.63. The number of fused-ring (bicyclic) bond motifs is 1. The van der Waals surface area contributed by atoms with Crippen LogP contribution in [0.5, 0.6) is 0 Å². The zero-order chi connectivity index (χ0) is 14.2. The Bertz CT molecular complexity index is 741. The van der Waals surface area contributed by atoms with Crippen LogP contribution < -0.4 is 4.90 Å². The van der Waals surface area contributed by atoms with E-state index in [9.17, 15) is 8.42 Å². The summed E-state index contributed by atoms with van der Waals surface area (Å²) in [6, 6.07) is 11.6. The minimum absolute atomic E-state index is 0.305. The van der Waals surface area contributed by atoms with Crippen molar-refractivity contribution >= 4 is 15.7 Å². The van der Waals surface area contributed by atoms with E-state index in [-0.39, 0.29) is 0 Å². The highest BCUT2D eigenvalue weighted by Gasteiger charge is 2.22. The maximum absolute atomic E-state index is 11.9. The second kappa shape index (κ2) is 4.90. The van der Waals surface area contributed by atoms with Crippen molar-refractivity contribution in [3.63, 3.8) is 0 Å². The number of hydrogen-bond donors (Lipinski definition) is 0. The Morgan fingerprint density at radius 1 is 1.10 bits per heavy atom. The average Bonchev–Trinajstić information content (AvgIpc) is 2.46. The number of aromatic nitrogens is 1. The predicted molar refractivity (Wildman–Crippen MR) is 78.5 cm³/mol. The third-order valence-corrected chi connectivity index (χ3v) is 4.70. The molecule has 0 atom stereocenters. The van der Waals surface area contributed by atoms with E-state index in [1.54, 1.807) is 18.3 Å². The summed E-state index contributed by atoms with van der Waals surface area (Å²) in [5.41, 5.74) is 2.57. The minimum atomic E-state index is -3.26. The van der Waals surface area contributed by atoms with Gasteiger partial charge in [0.25, 0.3) is 0 Å². The molecule has 0 N–H and O–H groups in total. The first kappa shape index (κ1) is 13.1. The van der Waals surface area contributed by atoms with E-state index in [0.717, 1.165) is 13.0 Å². The molecular formula is C15H16N2O2S. The van der Waals surface area contributed by atoms with Gasteiger partial charge in [-0.15, -0.1) is 0 Å². The molecule has 0 saturated heterocycles. The van der Waals surface area contributed by atoms with Crippen LogP contribution in [0.25, 0.3) is 0 Å². The topological polar surface area (TPSA) is 50.3 Å². The Morgan fingerprint density at radius 2 is 1.85 bits per heavy atom. The number of sulfone groups is 1. The molecule has 2 heterocycles. The summed E-state index contributed by atoms with van der Waals surface area (Å²) in [7, 11) is -3.26. The molecule has 0 spiro atoms. The van der Waals surface area contributed by atoms with Crippen LogP contribution in [0.15, 0.2) is 47.5 Å². The molecule has 2 aromatic rings. The van der Waals surface area contributed by atoms with Crippen molar-refractivity contribution in [2.45, 2.75) is 17.9 Å². The quantitative estimate of drug-likeness (QED) is 0.848. The van der Waals surface area contributed by atoms with Crippen molar-refractivity contribution < 1.29 is 8.42 Å². The zero-order valence-corrected chi connectivity index (χ0v) is 12.1. The Kier molecular flexibility index (Phi) is 3.22. The molecule has 4 nitrogen and oxygen atoms in total. The van der Waals surface area contributed by atoms with Crippen LogP contribution in [0.1, 0.15) is 11.1 Å². The van der Waals surface area contributed by atoms with E-state index in [1.165, 1.54) is 17.4 Å². The molecule has 1 aliphatic rings. The molecule has 104 valence electrons. The summed E-state index contributed by atoms with van der Waals surface area (Å²) in [6.45, 7) is 1.49. The van der Waals surface area contributed by atoms with Gasteiger partial charge in [-0.3, -0.25) is 0 Å². The normalized spacial score (nSPS) is 14.9. The fourth-order valence-corrected chi connectivity index (χ4v) is 3.42. The molecule has 20 heavy (non-hydrogen) atoms. The first-order chi connectivity index (χ1) is 9.55. The monoisotopic (exact) mass is 288 g/mol. The molecule has 5 heteroatoms. The van der Waals surface area contributed by atoms with Gasteiger partial charge >= 0.3 is 0 Å². The summed E-state index contributed by atoms with van der Waals surface area (Å²) in [6.07, 6.45) is 3.78. The number of pyridine rings is 1. The Labute approximate surface area is 119 Å². The number of benzene rings is 1. The van der Waals surface area contributed by atoms with Gasteiger partial charge < -0.3 is 4.90 Å². The fourth-order valence-electron chi connectivity index (χ4n) is 2.59. The van der Waals surface area contributed by atoms with Crippen molar-refractivity contribution in [2.75, 3.05) is 17.7 Å². The van der Waals surface area contributed by atoms with Crippen molar-refractivity contribution in [1.82, 2.24) is 4.98 Å². The van der Waals surface area contributed by atoms with Crippen molar-refractivity contribution in [3.8, 4) is 0 Å². The Morgan fingerprint density at radius 3 is 2.60 bits per heavy atom. The fraction of sp³-hybridized carbons (Fsp3) is 0.267. The summed E-state index contributed by atoms with van der Waals surface area (Å²) < 4.78 is 23.8. The first-order valence-electron chi connectivity index (χ1n) is 6.52. The van der Waals surface area contributed by atoms with Crippen LogP contribution in [0.3, 0.4) is 0 Å². The van der Waals surface area contributed by atoms with E-state index < -0.39 is 9.84 Å². The maximum Gasteiger partial charge on any atom is 0.179 e. The van der Waals surface area contributed by atoms with Gasteiger partial charge in [-0.2, -0.15) is 0 Å². The summed E-state index contributed by atoms with van der Waals surface area (Å²) in [5, 5.41) is 0. The lowest BCUT2D eigenvalue weighted by Gasteiger charge is -2.30. The van der Waals surface area contributed by atoms with Crippen molar-refractivity contribution in [3.05, 3.63) is 53.7 Å². The second-order valence-corrected chi connectivity index (χ2v) is 7.02. The van der Waals surface area contributed by atoms with Gasteiger partial charge in [0, 0.05) is 25.5 Å². The lowest BCUT2D eigenvalue weighted by Crippen LogP contribution is -2.32. The molecule has 0 radical (unpaired) electrons. The van der Waals surface area contributed by atoms with Crippen molar-refractivity contribution in [2.24, 2.45) is 0 Å². The number of hydrogen-bond acceptors (Lipinski definition) is 4. The molecule has 0 unspecified atom stereocenters. The van der Waals surface area contributed by atoms with Crippen LogP contribution in [-0.4, -0.2) is 26.2 Å². The van der Waals surface area contributed by atoms with E-state index in [4.69, 9.17) is 0 Å². The third-order valence-electron chi connectivity index (χ3n) is 3.58. The van der Waals surface area contributed by atoms with Crippen LogP contribution in [-0.2, 0) is 22.8 Å². The van der Waals surface area contributed by atoms with Crippen molar-refractivity contribution in [1.29, 1.82) is 0 Å². The predicted octanol–water partition coefficient (Wildman–Crippen LogP) is 2.05. The van der Waals surface area contributed by atoms with Gasteiger partial charge in [-0.1, -0.05) is 24.3 Å². The summed E-state index contributed by atoms with van der Waals surface area (Å²) in [5.74, 6) is 0.560. The maximum atomic E-state index is 11.9. The van der Waals surface area contributed by atoms with Crippen LogP contribution in [0, 0.1) is 0 Å². The molecule has 0 fully saturated rings. The smallest absolute Gasteiger partial charge is 0.179 e. The molecule has 0 bridgehead atoms. The number of nitrogens with zero attached hydrogens (tertiary/aromatic N) is 2. The van der Waals surface area contributed by atoms with Gasteiger partial charge in [0.1, 0.15) is 10.7 Å². The highest BCUT2D eigenvalue weighted by Crippen LogP contribution is 2.27. The molecule has 0 saturated carbocycles. The third kappa shape index (κ3) is 2.41. The largest absolute Gasteiger partial charge is 0.351 e. The first-order valence-corrected chi connectivity index (χ1v) is 8.41. The van der Waals surface area contributed by atoms with Crippen LogP contribution in [0.2, 0.25) is 0 Å². The highest BCUT2D eigenvalue weighted by atomic mass is 32.2. The molecule has 1 aromatic carbocycles. The SMILES string of the molecule is CS(=O)(=O)c1cccnc1N1CCc2ccccc2C1. The standard InChI is InChI=1S/C15H16N2O2S/c1-20(18,19)14-7-4-9-16-15(14)17-10-8-12-5-2-3-6-13(12)11-17/h2-7,9H,8,10-11H2,1H3. The highest BCUT2D eigenvalue weighted by molar-refractivity contribution is 7.90. The molecule has 1 aromatic heterocycles. The summed E-state index contributed by atoms with van der Waals surface area (Å²) >= 11 is 0. The van der Waals surface area contributed by atoms with E-state index >= 15 is 0 Å². The molecule has 1 aliphatic heterocycles. The lowest BCUT2D eigenvalue weighted by atomic mass is 10.00. The lowest BCUT2D eigenvalue weighted by molar-refractivity contribution is 0.600. The van der Waals surface area contributed by atoms with Crippen LogP contribution >= 0.6 is 0 Å². The Balaban J connectivity index is 2.01. The second-order valence-electron chi connectivity index (χ2n) is 5.04. The number of anilines is 1. The molecule has 3 rings (SSSR count). The van der Waals surface area contributed by atoms with Crippen LogP contribution in [0.4, 0.5) is 5.82 Å². The van der Waals surface area contributed by atoms with Gasteiger partial charge in [0.15, 0.2) is 9.84 Å².